The van der Waals surface area contributed by atoms with Gasteiger partial charge in [-0.3, -0.25) is 4.79 Å². The maximum Gasteiger partial charge on any atom is 0.166 e. The third kappa shape index (κ3) is 4.22. The first-order chi connectivity index (χ1) is 15.9. The average Bonchev–Trinajstić information content (AvgIpc) is 3.09. The molecule has 2 aliphatic carbocycles. The lowest BCUT2D eigenvalue weighted by Gasteiger charge is -2.64. The number of halogens is 1. The quantitative estimate of drug-likeness (QED) is 0.565. The standard InChI is InChI=1S/C29H30ClNO3/c1-17(32)6-7-18-8-11-23-20(12-18)13-21(26(23)33)14-25-28(2,3)27(29(25,4)5)34-22-10-9-19(16-31)24(30)15-22/h8-12,15,17,21,25,27,32H,13-14H2,1-5H3/t17?,21?,25-,27-. The lowest BCUT2D eigenvalue weighted by Crippen LogP contribution is -2.66. The van der Waals surface area contributed by atoms with Gasteiger partial charge in [0.2, 0.25) is 0 Å². The zero-order valence-corrected chi connectivity index (χ0v) is 21.0. The van der Waals surface area contributed by atoms with Crippen LogP contribution in [0.15, 0.2) is 36.4 Å². The molecule has 2 unspecified atom stereocenters. The summed E-state index contributed by atoms with van der Waals surface area (Å²) in [7, 11) is 0. The van der Waals surface area contributed by atoms with Gasteiger partial charge in [-0.15, -0.1) is 0 Å². The maximum absolute atomic E-state index is 13.2. The Labute approximate surface area is 206 Å². The Hall–Kier alpha value is -2.79. The monoisotopic (exact) mass is 475 g/mol. The highest BCUT2D eigenvalue weighted by Crippen LogP contribution is 2.62. The van der Waals surface area contributed by atoms with Crippen molar-refractivity contribution in [3.8, 4) is 23.7 Å². The van der Waals surface area contributed by atoms with Crippen LogP contribution in [0, 0.1) is 45.8 Å². The van der Waals surface area contributed by atoms with E-state index in [9.17, 15) is 9.90 Å². The number of aliphatic hydroxyl groups excluding tert-OH is 1. The van der Waals surface area contributed by atoms with Gasteiger partial charge in [0.15, 0.2) is 5.78 Å². The van der Waals surface area contributed by atoms with Gasteiger partial charge in [-0.2, -0.15) is 5.26 Å². The first-order valence-corrected chi connectivity index (χ1v) is 12.1. The summed E-state index contributed by atoms with van der Waals surface area (Å²) >= 11 is 6.20. The van der Waals surface area contributed by atoms with E-state index < -0.39 is 6.10 Å². The molecule has 2 aromatic carbocycles. The Bertz CT molecular complexity index is 1230. The number of carbonyl (C=O) groups is 1. The lowest BCUT2D eigenvalue weighted by atomic mass is 9.44. The summed E-state index contributed by atoms with van der Waals surface area (Å²) in [5, 5.41) is 18.9. The Morgan fingerprint density at radius 3 is 2.50 bits per heavy atom. The molecular weight excluding hydrogens is 446 g/mol. The smallest absolute Gasteiger partial charge is 0.166 e. The minimum atomic E-state index is -0.679. The lowest BCUT2D eigenvalue weighted by molar-refractivity contribution is -0.203. The van der Waals surface area contributed by atoms with Crippen molar-refractivity contribution in [2.24, 2.45) is 22.7 Å². The van der Waals surface area contributed by atoms with Gasteiger partial charge in [0.25, 0.3) is 0 Å². The van der Waals surface area contributed by atoms with Crippen molar-refractivity contribution in [3.05, 3.63) is 63.7 Å². The van der Waals surface area contributed by atoms with Crippen molar-refractivity contribution in [2.45, 2.75) is 59.7 Å². The summed E-state index contributed by atoms with van der Waals surface area (Å²) in [4.78, 5) is 13.2. The molecule has 1 saturated carbocycles. The van der Waals surface area contributed by atoms with Crippen LogP contribution in [0.3, 0.4) is 0 Å². The number of aliphatic hydroxyl groups is 1. The van der Waals surface area contributed by atoms with Crippen LogP contribution in [-0.4, -0.2) is 23.1 Å². The molecule has 0 bridgehead atoms. The third-order valence-corrected chi connectivity index (χ3v) is 7.93. The molecule has 0 aliphatic heterocycles. The van der Waals surface area contributed by atoms with Crippen LogP contribution in [0.25, 0.3) is 0 Å². The van der Waals surface area contributed by atoms with Gasteiger partial charge in [-0.05, 0) is 61.6 Å². The van der Waals surface area contributed by atoms with Crippen molar-refractivity contribution >= 4 is 17.4 Å². The topological polar surface area (TPSA) is 70.3 Å². The van der Waals surface area contributed by atoms with Crippen molar-refractivity contribution in [1.29, 1.82) is 5.26 Å². The molecule has 5 heteroatoms. The Kier molecular flexibility index (Phi) is 6.28. The molecule has 4 nitrogen and oxygen atoms in total. The first-order valence-electron chi connectivity index (χ1n) is 11.7. The number of hydrogen-bond acceptors (Lipinski definition) is 4. The van der Waals surface area contributed by atoms with Crippen molar-refractivity contribution in [2.75, 3.05) is 0 Å². The number of rotatable bonds is 4. The minimum absolute atomic E-state index is 0.0461. The molecule has 0 aromatic heterocycles. The highest BCUT2D eigenvalue weighted by molar-refractivity contribution is 6.31. The van der Waals surface area contributed by atoms with Crippen LogP contribution in [0.4, 0.5) is 0 Å². The van der Waals surface area contributed by atoms with E-state index in [1.54, 1.807) is 25.1 Å². The van der Waals surface area contributed by atoms with E-state index in [1.807, 2.05) is 18.2 Å². The molecule has 2 aliphatic rings. The number of Topliss-reactive ketones (excluding diaryl/α,β-unsaturated/α-hetero) is 1. The minimum Gasteiger partial charge on any atom is -0.489 e. The molecule has 2 aromatic rings. The second-order valence-corrected chi connectivity index (χ2v) is 11.2. The van der Waals surface area contributed by atoms with Gasteiger partial charge in [0, 0.05) is 33.9 Å². The molecule has 0 radical (unpaired) electrons. The van der Waals surface area contributed by atoms with E-state index in [2.05, 4.69) is 45.6 Å². The molecule has 1 fully saturated rings. The molecule has 1 N–H and O–H groups in total. The summed E-state index contributed by atoms with van der Waals surface area (Å²) < 4.78 is 6.39. The zero-order chi connectivity index (χ0) is 24.8. The number of ketones is 1. The fraction of sp³-hybridized carbons (Fsp3) is 0.448. The maximum atomic E-state index is 13.2. The summed E-state index contributed by atoms with van der Waals surface area (Å²) in [6, 6.07) is 13.0. The van der Waals surface area contributed by atoms with Crippen LogP contribution >= 0.6 is 11.6 Å². The molecule has 176 valence electrons. The van der Waals surface area contributed by atoms with Gasteiger partial charge in [-0.1, -0.05) is 51.1 Å². The van der Waals surface area contributed by atoms with Crippen LogP contribution in [0.1, 0.15) is 68.1 Å². The van der Waals surface area contributed by atoms with Gasteiger partial charge >= 0.3 is 0 Å². The molecule has 0 spiro atoms. The Morgan fingerprint density at radius 1 is 1.18 bits per heavy atom. The number of benzene rings is 2. The zero-order valence-electron chi connectivity index (χ0n) is 20.3. The molecule has 0 saturated heterocycles. The van der Waals surface area contributed by atoms with E-state index in [0.29, 0.717) is 22.3 Å². The third-order valence-electron chi connectivity index (χ3n) is 7.62. The Balaban J connectivity index is 1.49. The van der Waals surface area contributed by atoms with Crippen molar-refractivity contribution in [1.82, 2.24) is 0 Å². The fourth-order valence-electron chi connectivity index (χ4n) is 6.22. The molecule has 34 heavy (non-hydrogen) atoms. The SMILES string of the molecule is CC(O)C#Cc1ccc2c(c1)CC(C[C@H]1C(C)(C)[C@H](Oc3ccc(C#N)c(Cl)c3)C1(C)C)C2=O. The normalized spacial score (nSPS) is 24.8. The largest absolute Gasteiger partial charge is 0.489 e. The number of ether oxygens (including phenoxy) is 1. The average molecular weight is 476 g/mol. The van der Waals surface area contributed by atoms with Gasteiger partial charge in [0.05, 0.1) is 10.6 Å². The van der Waals surface area contributed by atoms with Crippen molar-refractivity contribution < 1.29 is 14.6 Å². The summed E-state index contributed by atoms with van der Waals surface area (Å²) in [5.41, 5.74) is 2.83. The summed E-state index contributed by atoms with van der Waals surface area (Å²) in [6.07, 6.45) is 0.796. The number of carbonyl (C=O) groups excluding carboxylic acids is 1. The molecule has 0 heterocycles. The molecule has 0 amide bonds. The predicted octanol–water partition coefficient (Wildman–Crippen LogP) is 5.82. The van der Waals surface area contributed by atoms with Gasteiger partial charge in [0.1, 0.15) is 24.0 Å². The van der Waals surface area contributed by atoms with Crippen LogP contribution in [0.2, 0.25) is 5.02 Å². The van der Waals surface area contributed by atoms with E-state index in [-0.39, 0.29) is 28.6 Å². The first kappa shape index (κ1) is 24.3. The van der Waals surface area contributed by atoms with Crippen molar-refractivity contribution in [3.63, 3.8) is 0 Å². The van der Waals surface area contributed by atoms with E-state index in [4.69, 9.17) is 21.6 Å². The van der Waals surface area contributed by atoms with Crippen LogP contribution < -0.4 is 4.74 Å². The summed E-state index contributed by atoms with van der Waals surface area (Å²) in [5.74, 6) is 6.86. The molecular formula is C29H30ClNO3. The molecule has 2 atom stereocenters. The number of nitriles is 1. The predicted molar refractivity (Wildman–Crippen MR) is 133 cm³/mol. The van der Waals surface area contributed by atoms with E-state index in [1.165, 1.54) is 0 Å². The fourth-order valence-corrected chi connectivity index (χ4v) is 6.43. The molecule has 4 rings (SSSR count). The summed E-state index contributed by atoms with van der Waals surface area (Å²) in [6.45, 7) is 10.4. The van der Waals surface area contributed by atoms with E-state index in [0.717, 1.165) is 29.5 Å². The van der Waals surface area contributed by atoms with Gasteiger partial charge < -0.3 is 9.84 Å². The number of nitrogens with zero attached hydrogens (tertiary/aromatic N) is 1. The van der Waals surface area contributed by atoms with Gasteiger partial charge in [-0.25, -0.2) is 0 Å². The van der Waals surface area contributed by atoms with Crippen LogP contribution in [0.5, 0.6) is 5.75 Å². The highest BCUT2D eigenvalue weighted by Gasteiger charge is 2.63. The van der Waals surface area contributed by atoms with E-state index >= 15 is 0 Å². The highest BCUT2D eigenvalue weighted by atomic mass is 35.5. The Morgan fingerprint density at radius 2 is 1.88 bits per heavy atom. The number of hydrogen-bond donors (Lipinski definition) is 1. The second-order valence-electron chi connectivity index (χ2n) is 10.8. The van der Waals surface area contributed by atoms with Crippen LogP contribution in [-0.2, 0) is 6.42 Å². The second kappa shape index (κ2) is 8.77. The number of fused-ring (bicyclic) bond motifs is 1.